The van der Waals surface area contributed by atoms with Crippen LogP contribution in [0.15, 0.2) is 30.3 Å². The molecule has 1 aromatic carbocycles. The lowest BCUT2D eigenvalue weighted by atomic mass is 9.86. The Labute approximate surface area is 187 Å². The average molecular weight is 447 g/mol. The van der Waals surface area contributed by atoms with Gasteiger partial charge in [-0.15, -0.1) is 0 Å². The molecule has 1 aliphatic heterocycles. The number of anilines is 1. The molecule has 1 unspecified atom stereocenters. The van der Waals surface area contributed by atoms with Gasteiger partial charge < -0.3 is 19.7 Å². The highest BCUT2D eigenvalue weighted by Crippen LogP contribution is 2.30. The number of hydrogen-bond donors (Lipinski definition) is 2. The molecule has 2 N–H and O–H groups in total. The summed E-state index contributed by atoms with van der Waals surface area (Å²) in [6, 6.07) is 9.13. The van der Waals surface area contributed by atoms with Crippen LogP contribution in [0, 0.1) is 6.92 Å². The number of carbonyl (C=O) groups excluding carboxylic acids is 2. The summed E-state index contributed by atoms with van der Waals surface area (Å²) in [5.74, 6) is 0.674. The number of nitrogens with one attached hydrogen (secondary N) is 2. The van der Waals surface area contributed by atoms with Gasteiger partial charge in [0, 0.05) is 25.0 Å². The molecular weight excluding hydrogens is 416 g/mol. The zero-order valence-electron chi connectivity index (χ0n) is 18.6. The van der Waals surface area contributed by atoms with Gasteiger partial charge in [0.05, 0.1) is 12.8 Å². The highest BCUT2D eigenvalue weighted by Gasteiger charge is 2.35. The number of piperidine rings is 1. The van der Waals surface area contributed by atoms with Crippen LogP contribution < -0.4 is 15.4 Å². The predicted molar refractivity (Wildman–Crippen MR) is 121 cm³/mol. The molecule has 168 valence electrons. The van der Waals surface area contributed by atoms with E-state index < -0.39 is 5.60 Å². The largest absolute Gasteiger partial charge is 0.497 e. The highest BCUT2D eigenvalue weighted by molar-refractivity contribution is 7.10. The Balaban J connectivity index is 1.74. The molecule has 8 nitrogen and oxygen atoms in total. The second-order valence-corrected chi connectivity index (χ2v) is 9.44. The van der Waals surface area contributed by atoms with Crippen molar-refractivity contribution in [2.24, 2.45) is 0 Å². The molecule has 0 bridgehead atoms. The van der Waals surface area contributed by atoms with Crippen molar-refractivity contribution in [1.82, 2.24) is 14.6 Å². The number of methoxy groups -OCH3 is 1. The Bertz CT molecular complexity index is 907. The van der Waals surface area contributed by atoms with Gasteiger partial charge in [-0.2, -0.15) is 4.37 Å². The standard InChI is InChI=1S/C22H30N4O4S/c1-14-12-19(31-25-14)24-20(27)23-18-10-11-26(21(28)30-22(2,3)4)13-17(18)15-6-8-16(29-5)9-7-15/h6-9,12,17-18H,10-11,13H2,1-5H3,(H2,23,24,27)/t17?,18-/m1/s1. The van der Waals surface area contributed by atoms with Gasteiger partial charge in [-0.1, -0.05) is 12.1 Å². The Kier molecular flexibility index (Phi) is 7.04. The van der Waals surface area contributed by atoms with Gasteiger partial charge in [0.15, 0.2) is 0 Å². The molecular formula is C22H30N4O4S. The maximum absolute atomic E-state index is 12.6. The van der Waals surface area contributed by atoms with Crippen LogP contribution in [0.2, 0.25) is 0 Å². The lowest BCUT2D eigenvalue weighted by molar-refractivity contribution is 0.0180. The zero-order chi connectivity index (χ0) is 22.6. The minimum Gasteiger partial charge on any atom is -0.497 e. The number of ether oxygens (including phenoxy) is 2. The number of carbonyl (C=O) groups is 2. The number of rotatable bonds is 4. The van der Waals surface area contributed by atoms with E-state index in [9.17, 15) is 9.59 Å². The van der Waals surface area contributed by atoms with Gasteiger partial charge in [-0.25, -0.2) is 9.59 Å². The van der Waals surface area contributed by atoms with E-state index in [1.807, 2.05) is 58.0 Å². The summed E-state index contributed by atoms with van der Waals surface area (Å²) in [6.45, 7) is 8.40. The van der Waals surface area contributed by atoms with Crippen molar-refractivity contribution in [3.63, 3.8) is 0 Å². The first-order valence-corrected chi connectivity index (χ1v) is 11.0. The summed E-state index contributed by atoms with van der Waals surface area (Å²) >= 11 is 1.25. The SMILES string of the molecule is COc1ccc(C2CN(C(=O)OC(C)(C)C)CC[C@H]2NC(=O)Nc2cc(C)ns2)cc1. The third-order valence-corrected chi connectivity index (χ3v) is 5.79. The maximum Gasteiger partial charge on any atom is 0.410 e. The number of likely N-dealkylation sites (tertiary alicyclic amines) is 1. The third kappa shape index (κ3) is 6.33. The molecule has 0 radical (unpaired) electrons. The fourth-order valence-electron chi connectivity index (χ4n) is 3.54. The van der Waals surface area contributed by atoms with Gasteiger partial charge in [-0.3, -0.25) is 5.32 Å². The summed E-state index contributed by atoms with van der Waals surface area (Å²) < 4.78 is 15.0. The van der Waals surface area contributed by atoms with E-state index >= 15 is 0 Å². The predicted octanol–water partition coefficient (Wildman–Crippen LogP) is 4.37. The van der Waals surface area contributed by atoms with Crippen molar-refractivity contribution >= 4 is 28.7 Å². The van der Waals surface area contributed by atoms with E-state index in [2.05, 4.69) is 15.0 Å². The van der Waals surface area contributed by atoms with Crippen LogP contribution in [-0.2, 0) is 4.74 Å². The average Bonchev–Trinajstić information content (AvgIpc) is 3.11. The number of nitrogens with zero attached hydrogens (tertiary/aromatic N) is 2. The number of benzene rings is 1. The highest BCUT2D eigenvalue weighted by atomic mass is 32.1. The number of aromatic nitrogens is 1. The molecule has 31 heavy (non-hydrogen) atoms. The lowest BCUT2D eigenvalue weighted by Gasteiger charge is -2.39. The van der Waals surface area contributed by atoms with Gasteiger partial charge in [0.25, 0.3) is 0 Å². The maximum atomic E-state index is 12.6. The van der Waals surface area contributed by atoms with Gasteiger partial charge in [0.2, 0.25) is 0 Å². The molecule has 0 aliphatic carbocycles. The summed E-state index contributed by atoms with van der Waals surface area (Å²) in [6.07, 6.45) is 0.277. The number of amides is 3. The number of aryl methyl sites for hydroxylation is 1. The minimum absolute atomic E-state index is 0.0823. The van der Waals surface area contributed by atoms with Crippen molar-refractivity contribution in [3.05, 3.63) is 41.6 Å². The van der Waals surface area contributed by atoms with Crippen LogP contribution in [0.1, 0.15) is 44.4 Å². The molecule has 1 fully saturated rings. The van der Waals surface area contributed by atoms with Crippen LogP contribution in [0.4, 0.5) is 14.6 Å². The Morgan fingerprint density at radius 2 is 1.94 bits per heavy atom. The van der Waals surface area contributed by atoms with Crippen LogP contribution in [0.25, 0.3) is 0 Å². The number of urea groups is 1. The van der Waals surface area contributed by atoms with Crippen molar-refractivity contribution in [1.29, 1.82) is 0 Å². The molecule has 0 saturated carbocycles. The van der Waals surface area contributed by atoms with E-state index in [1.54, 1.807) is 12.0 Å². The first kappa shape index (κ1) is 22.9. The zero-order valence-corrected chi connectivity index (χ0v) is 19.4. The molecule has 1 aromatic heterocycles. The Morgan fingerprint density at radius 1 is 1.23 bits per heavy atom. The molecule has 2 atom stereocenters. The summed E-state index contributed by atoms with van der Waals surface area (Å²) in [7, 11) is 1.62. The topological polar surface area (TPSA) is 92.8 Å². The summed E-state index contributed by atoms with van der Waals surface area (Å²) in [4.78, 5) is 27.0. The van der Waals surface area contributed by atoms with Crippen molar-refractivity contribution in [2.45, 2.75) is 51.7 Å². The van der Waals surface area contributed by atoms with E-state index in [0.29, 0.717) is 24.5 Å². The first-order chi connectivity index (χ1) is 14.6. The first-order valence-electron chi connectivity index (χ1n) is 10.3. The van der Waals surface area contributed by atoms with Gasteiger partial charge >= 0.3 is 12.1 Å². The molecule has 3 amide bonds. The van der Waals surface area contributed by atoms with Gasteiger partial charge in [-0.05, 0) is 69.4 Å². The van der Waals surface area contributed by atoms with Crippen LogP contribution in [0.5, 0.6) is 5.75 Å². The normalized spacial score (nSPS) is 18.9. The smallest absolute Gasteiger partial charge is 0.410 e. The van der Waals surface area contributed by atoms with Crippen LogP contribution in [0.3, 0.4) is 0 Å². The van der Waals surface area contributed by atoms with E-state index in [0.717, 1.165) is 17.0 Å². The molecule has 3 rings (SSSR count). The Hall–Kier alpha value is -2.81. The molecule has 1 saturated heterocycles. The minimum atomic E-state index is -0.561. The molecule has 2 heterocycles. The summed E-state index contributed by atoms with van der Waals surface area (Å²) in [5, 5.41) is 6.62. The van der Waals surface area contributed by atoms with Crippen LogP contribution in [-0.4, -0.2) is 53.2 Å². The Morgan fingerprint density at radius 3 is 2.52 bits per heavy atom. The van der Waals surface area contributed by atoms with Crippen molar-refractivity contribution < 1.29 is 19.1 Å². The summed E-state index contributed by atoms with van der Waals surface area (Å²) in [5.41, 5.74) is 1.32. The van der Waals surface area contributed by atoms with Crippen molar-refractivity contribution in [2.75, 3.05) is 25.5 Å². The second kappa shape index (κ2) is 9.55. The fraction of sp³-hybridized carbons (Fsp3) is 0.500. The van der Waals surface area contributed by atoms with E-state index in [-0.39, 0.29) is 24.1 Å². The third-order valence-electron chi connectivity index (χ3n) is 4.99. The fourth-order valence-corrected chi connectivity index (χ4v) is 4.20. The molecule has 1 aliphatic rings. The second-order valence-electron chi connectivity index (χ2n) is 8.63. The van der Waals surface area contributed by atoms with E-state index in [1.165, 1.54) is 11.5 Å². The molecule has 0 spiro atoms. The molecule has 2 aromatic rings. The lowest BCUT2D eigenvalue weighted by Crippen LogP contribution is -2.52. The van der Waals surface area contributed by atoms with Crippen molar-refractivity contribution in [3.8, 4) is 5.75 Å². The van der Waals surface area contributed by atoms with E-state index in [4.69, 9.17) is 9.47 Å². The number of hydrogen-bond acceptors (Lipinski definition) is 6. The van der Waals surface area contributed by atoms with Crippen LogP contribution >= 0.6 is 11.5 Å². The molecule has 9 heteroatoms. The van der Waals surface area contributed by atoms with Gasteiger partial charge in [0.1, 0.15) is 16.4 Å². The quantitative estimate of drug-likeness (QED) is 0.727. The monoisotopic (exact) mass is 446 g/mol.